The number of carboxylic acid groups (broad SMARTS) is 1. The number of hydrogen-bond acceptors (Lipinski definition) is 3. The van der Waals surface area contributed by atoms with Crippen molar-refractivity contribution in [3.63, 3.8) is 0 Å². The molecule has 0 aromatic heterocycles. The number of piperidine rings is 1. The number of hydrogen-bond donors (Lipinski definition) is 2. The van der Waals surface area contributed by atoms with Gasteiger partial charge in [0, 0.05) is 5.56 Å². The summed E-state index contributed by atoms with van der Waals surface area (Å²) >= 11 is 0. The molecule has 0 saturated carbocycles. The number of halogens is 1. The number of likely N-dealkylation sites (tertiary alicyclic amines) is 1. The van der Waals surface area contributed by atoms with Crippen molar-refractivity contribution in [3.8, 4) is 0 Å². The van der Waals surface area contributed by atoms with E-state index in [9.17, 15) is 19.1 Å². The Balaban J connectivity index is 1.55. The summed E-state index contributed by atoms with van der Waals surface area (Å²) < 4.78 is 13.9. The monoisotopic (exact) mass is 370 g/mol. The molecule has 2 aromatic rings. The van der Waals surface area contributed by atoms with Crippen molar-refractivity contribution in [1.82, 2.24) is 10.2 Å². The Morgan fingerprint density at radius 1 is 1.07 bits per heavy atom. The lowest BCUT2D eigenvalue weighted by Crippen LogP contribution is -2.43. The first-order chi connectivity index (χ1) is 13.0. The summed E-state index contributed by atoms with van der Waals surface area (Å²) in [5, 5.41) is 11.8. The second-order valence-corrected chi connectivity index (χ2v) is 6.82. The van der Waals surface area contributed by atoms with Crippen LogP contribution < -0.4 is 5.32 Å². The Morgan fingerprint density at radius 2 is 1.70 bits per heavy atom. The first kappa shape index (κ1) is 19.0. The minimum absolute atomic E-state index is 0.0406. The van der Waals surface area contributed by atoms with Crippen LogP contribution in [0, 0.1) is 5.82 Å². The van der Waals surface area contributed by atoms with Gasteiger partial charge in [0.2, 0.25) is 5.91 Å². The zero-order valence-corrected chi connectivity index (χ0v) is 15.0. The molecule has 1 aliphatic rings. The van der Waals surface area contributed by atoms with Gasteiger partial charge in [-0.05, 0) is 43.5 Å². The molecule has 1 aliphatic heterocycles. The zero-order chi connectivity index (χ0) is 19.2. The summed E-state index contributed by atoms with van der Waals surface area (Å²) in [5.41, 5.74) is 1.27. The molecule has 1 unspecified atom stereocenters. The van der Waals surface area contributed by atoms with Crippen molar-refractivity contribution in [2.24, 2.45) is 0 Å². The van der Waals surface area contributed by atoms with Crippen LogP contribution >= 0.6 is 0 Å². The van der Waals surface area contributed by atoms with E-state index < -0.39 is 23.7 Å². The quantitative estimate of drug-likeness (QED) is 0.820. The molecule has 3 rings (SSSR count). The van der Waals surface area contributed by atoms with Crippen molar-refractivity contribution in [2.75, 3.05) is 19.6 Å². The molecule has 2 aromatic carbocycles. The van der Waals surface area contributed by atoms with Crippen LogP contribution in [0.1, 0.15) is 35.9 Å². The topological polar surface area (TPSA) is 69.6 Å². The number of amides is 1. The first-order valence-corrected chi connectivity index (χ1v) is 9.08. The van der Waals surface area contributed by atoms with Crippen LogP contribution in [0.3, 0.4) is 0 Å². The number of carboxylic acids is 1. The molecule has 0 aliphatic carbocycles. The van der Waals surface area contributed by atoms with Crippen LogP contribution in [-0.4, -0.2) is 41.5 Å². The van der Waals surface area contributed by atoms with Gasteiger partial charge in [0.1, 0.15) is 5.82 Å². The second-order valence-electron chi connectivity index (χ2n) is 6.82. The summed E-state index contributed by atoms with van der Waals surface area (Å²) in [6.07, 6.45) is 1.90. The summed E-state index contributed by atoms with van der Waals surface area (Å²) in [6.45, 7) is 1.65. The molecule has 1 heterocycles. The van der Waals surface area contributed by atoms with Crippen molar-refractivity contribution in [3.05, 3.63) is 71.5 Å². The molecule has 1 saturated heterocycles. The minimum atomic E-state index is -1.39. The lowest BCUT2D eigenvalue weighted by molar-refractivity contribution is -0.142. The lowest BCUT2D eigenvalue weighted by atomic mass is 9.89. The number of carbonyl (C=O) groups is 2. The van der Waals surface area contributed by atoms with Gasteiger partial charge >= 0.3 is 5.97 Å². The maximum atomic E-state index is 13.9. The fourth-order valence-electron chi connectivity index (χ4n) is 3.54. The highest BCUT2D eigenvalue weighted by Crippen LogP contribution is 2.27. The molecule has 2 N–H and O–H groups in total. The average molecular weight is 370 g/mol. The number of nitrogens with zero attached hydrogens (tertiary/aromatic N) is 1. The third-order valence-corrected chi connectivity index (χ3v) is 4.99. The van der Waals surface area contributed by atoms with E-state index in [1.54, 1.807) is 6.07 Å². The molecule has 1 atom stereocenters. The normalized spacial score (nSPS) is 16.6. The van der Waals surface area contributed by atoms with Crippen LogP contribution in [0.2, 0.25) is 0 Å². The molecule has 0 bridgehead atoms. The summed E-state index contributed by atoms with van der Waals surface area (Å²) in [4.78, 5) is 25.8. The summed E-state index contributed by atoms with van der Waals surface area (Å²) in [5.74, 6) is -1.86. The van der Waals surface area contributed by atoms with E-state index in [0.29, 0.717) is 5.92 Å². The number of benzene rings is 2. The van der Waals surface area contributed by atoms with Crippen LogP contribution in [-0.2, 0) is 9.59 Å². The van der Waals surface area contributed by atoms with Crippen molar-refractivity contribution >= 4 is 11.9 Å². The fraction of sp³-hybridized carbons (Fsp3) is 0.333. The predicted molar refractivity (Wildman–Crippen MR) is 99.8 cm³/mol. The molecule has 142 valence electrons. The first-order valence-electron chi connectivity index (χ1n) is 9.08. The van der Waals surface area contributed by atoms with Gasteiger partial charge in [0.15, 0.2) is 6.04 Å². The highest BCUT2D eigenvalue weighted by molar-refractivity contribution is 5.85. The molecule has 0 spiro atoms. The zero-order valence-electron chi connectivity index (χ0n) is 15.0. The highest BCUT2D eigenvalue weighted by atomic mass is 19.1. The summed E-state index contributed by atoms with van der Waals surface area (Å²) in [7, 11) is 0. The average Bonchev–Trinajstić information content (AvgIpc) is 2.68. The van der Waals surface area contributed by atoms with Gasteiger partial charge in [-0.25, -0.2) is 9.18 Å². The molecule has 1 amide bonds. The van der Waals surface area contributed by atoms with Crippen molar-refractivity contribution in [1.29, 1.82) is 0 Å². The van der Waals surface area contributed by atoms with E-state index in [0.717, 1.165) is 25.9 Å². The third-order valence-electron chi connectivity index (χ3n) is 4.99. The van der Waals surface area contributed by atoms with E-state index in [-0.39, 0.29) is 12.1 Å². The van der Waals surface area contributed by atoms with E-state index >= 15 is 0 Å². The van der Waals surface area contributed by atoms with Gasteiger partial charge in [0.25, 0.3) is 0 Å². The third kappa shape index (κ3) is 4.92. The van der Waals surface area contributed by atoms with Gasteiger partial charge in [-0.2, -0.15) is 0 Å². The van der Waals surface area contributed by atoms with Gasteiger partial charge in [0.05, 0.1) is 6.54 Å². The number of rotatable bonds is 6. The van der Waals surface area contributed by atoms with Crippen LogP contribution in [0.15, 0.2) is 54.6 Å². The molecule has 27 heavy (non-hydrogen) atoms. The van der Waals surface area contributed by atoms with Gasteiger partial charge in [-0.3, -0.25) is 9.69 Å². The van der Waals surface area contributed by atoms with Crippen LogP contribution in [0.4, 0.5) is 4.39 Å². The van der Waals surface area contributed by atoms with Gasteiger partial charge < -0.3 is 10.4 Å². The summed E-state index contributed by atoms with van der Waals surface area (Å²) in [6, 6.07) is 14.5. The van der Waals surface area contributed by atoms with Gasteiger partial charge in [-0.1, -0.05) is 48.5 Å². The highest BCUT2D eigenvalue weighted by Gasteiger charge is 2.27. The number of aliphatic carboxylic acids is 1. The molecular formula is C21H23FN2O3. The Morgan fingerprint density at radius 3 is 2.33 bits per heavy atom. The van der Waals surface area contributed by atoms with E-state index in [1.165, 1.54) is 23.8 Å². The number of nitrogens with one attached hydrogen (secondary N) is 1. The van der Waals surface area contributed by atoms with E-state index in [2.05, 4.69) is 17.4 Å². The maximum Gasteiger partial charge on any atom is 0.331 e. The molecule has 1 fully saturated rings. The lowest BCUT2D eigenvalue weighted by Gasteiger charge is -2.32. The number of carbonyl (C=O) groups excluding carboxylic acids is 1. The van der Waals surface area contributed by atoms with Crippen molar-refractivity contribution < 1.29 is 19.1 Å². The molecular weight excluding hydrogens is 347 g/mol. The maximum absolute atomic E-state index is 13.9. The van der Waals surface area contributed by atoms with Crippen LogP contribution in [0.5, 0.6) is 0 Å². The van der Waals surface area contributed by atoms with Gasteiger partial charge in [-0.15, -0.1) is 0 Å². The largest absolute Gasteiger partial charge is 0.479 e. The smallest absolute Gasteiger partial charge is 0.331 e. The van der Waals surface area contributed by atoms with E-state index in [1.807, 2.05) is 23.1 Å². The minimum Gasteiger partial charge on any atom is -0.479 e. The molecule has 0 radical (unpaired) electrons. The Labute approximate surface area is 157 Å². The standard InChI is InChI=1S/C21H23FN2O3/c22-18-9-5-4-8-17(18)20(21(26)27)23-19(25)14-24-12-10-16(11-13-24)15-6-2-1-3-7-15/h1-9,16,20H,10-14H2,(H,23,25)(H,26,27). The Kier molecular flexibility index (Phi) is 6.19. The second kappa shape index (κ2) is 8.77. The Hall–Kier alpha value is -2.73. The predicted octanol–water partition coefficient (Wildman–Crippen LogP) is 2.95. The van der Waals surface area contributed by atoms with E-state index in [4.69, 9.17) is 0 Å². The SMILES string of the molecule is O=C(CN1CCC(c2ccccc2)CC1)NC(C(=O)O)c1ccccc1F. The molecule has 5 nitrogen and oxygen atoms in total. The fourth-order valence-corrected chi connectivity index (χ4v) is 3.54. The Bertz CT molecular complexity index is 789. The van der Waals surface area contributed by atoms with Crippen molar-refractivity contribution in [2.45, 2.75) is 24.8 Å². The van der Waals surface area contributed by atoms with Crippen LogP contribution in [0.25, 0.3) is 0 Å². The molecule has 6 heteroatoms.